The van der Waals surface area contributed by atoms with Crippen molar-refractivity contribution in [2.75, 3.05) is 0 Å². The molecule has 0 bridgehead atoms. The molecule has 0 spiro atoms. The van der Waals surface area contributed by atoms with E-state index >= 15 is 0 Å². The van der Waals surface area contributed by atoms with Crippen LogP contribution in [0.3, 0.4) is 0 Å². The molecule has 0 saturated carbocycles. The van der Waals surface area contributed by atoms with Gasteiger partial charge in [-0.3, -0.25) is 4.79 Å². The lowest BCUT2D eigenvalue weighted by Gasteiger charge is -2.23. The molecular weight excluding hydrogens is 333 g/mol. The predicted octanol–water partition coefficient (Wildman–Crippen LogP) is 3.43. The molecular formula is C14H18Cl3N3O. The first-order chi connectivity index (χ1) is 9.61. The number of nitrogens with one attached hydrogen (secondary N) is 1. The normalized spacial score (nSPS) is 14.1. The average molecular weight is 351 g/mol. The third-order valence-electron chi connectivity index (χ3n) is 2.76. The number of nitrogens with zero attached hydrogens (tertiary/aromatic N) is 1. The molecule has 21 heavy (non-hydrogen) atoms. The molecule has 0 fully saturated rings. The Balaban J connectivity index is 2.94. The summed E-state index contributed by atoms with van der Waals surface area (Å²) in [6, 6.07) is 7.03. The molecule has 1 rings (SSSR count). The third-order valence-corrected chi connectivity index (χ3v) is 3.38. The zero-order valence-electron chi connectivity index (χ0n) is 12.0. The van der Waals surface area contributed by atoms with Gasteiger partial charge in [-0.2, -0.15) is 0 Å². The second kappa shape index (κ2) is 7.34. The van der Waals surface area contributed by atoms with Gasteiger partial charge in [0.05, 0.1) is 5.84 Å². The maximum atomic E-state index is 12.2. The molecule has 0 saturated heterocycles. The Labute approximate surface area is 139 Å². The molecule has 0 aliphatic rings. The van der Waals surface area contributed by atoms with Crippen LogP contribution in [0, 0.1) is 12.8 Å². The van der Waals surface area contributed by atoms with Gasteiger partial charge in [-0.25, -0.2) is 4.99 Å². The van der Waals surface area contributed by atoms with Crippen molar-refractivity contribution < 1.29 is 4.79 Å². The number of aryl methyl sites for hydroxylation is 1. The van der Waals surface area contributed by atoms with E-state index in [2.05, 4.69) is 10.3 Å². The molecule has 0 unspecified atom stereocenters. The monoisotopic (exact) mass is 349 g/mol. The maximum absolute atomic E-state index is 12.2. The largest absolute Gasteiger partial charge is 0.387 e. The number of rotatable bonds is 4. The summed E-state index contributed by atoms with van der Waals surface area (Å²) >= 11 is 17.6. The predicted molar refractivity (Wildman–Crippen MR) is 89.2 cm³/mol. The Morgan fingerprint density at radius 1 is 1.24 bits per heavy atom. The van der Waals surface area contributed by atoms with Gasteiger partial charge in [0.25, 0.3) is 5.91 Å². The van der Waals surface area contributed by atoms with E-state index in [0.717, 1.165) is 5.56 Å². The number of carbonyl (C=O) groups excluding carboxylic acids is 1. The van der Waals surface area contributed by atoms with E-state index in [4.69, 9.17) is 40.5 Å². The van der Waals surface area contributed by atoms with Gasteiger partial charge >= 0.3 is 0 Å². The van der Waals surface area contributed by atoms with Crippen LogP contribution in [-0.4, -0.2) is 21.7 Å². The van der Waals surface area contributed by atoms with Crippen LogP contribution >= 0.6 is 34.8 Å². The van der Waals surface area contributed by atoms with Crippen molar-refractivity contribution in [1.82, 2.24) is 5.32 Å². The van der Waals surface area contributed by atoms with Gasteiger partial charge in [0.15, 0.2) is 6.17 Å². The van der Waals surface area contributed by atoms with Crippen molar-refractivity contribution in [1.29, 1.82) is 0 Å². The number of amides is 1. The highest BCUT2D eigenvalue weighted by Crippen LogP contribution is 2.31. The second-order valence-electron chi connectivity index (χ2n) is 4.99. The van der Waals surface area contributed by atoms with Crippen LogP contribution in [0.25, 0.3) is 0 Å². The Bertz CT molecular complexity index is 521. The molecule has 3 N–H and O–H groups in total. The van der Waals surface area contributed by atoms with E-state index in [1.54, 1.807) is 12.1 Å². The highest BCUT2D eigenvalue weighted by molar-refractivity contribution is 6.68. The summed E-state index contributed by atoms with van der Waals surface area (Å²) in [5, 5.41) is 2.58. The third kappa shape index (κ3) is 5.73. The van der Waals surface area contributed by atoms with Gasteiger partial charge < -0.3 is 11.1 Å². The molecule has 0 aliphatic carbocycles. The summed E-state index contributed by atoms with van der Waals surface area (Å²) < 4.78 is -1.79. The standard InChI is InChI=1S/C14H18Cl3N3O/c1-8(2)11(18)19-13(14(15,16)17)20-12(21)10-6-4-9(3)5-7-10/h4-8,13H,1-3H3,(H2,18,19)(H,20,21)/t13-/m1/s1. The fourth-order valence-corrected chi connectivity index (χ4v) is 1.71. The molecule has 1 atom stereocenters. The number of hydrogen-bond donors (Lipinski definition) is 2. The van der Waals surface area contributed by atoms with Crippen LogP contribution in [0.1, 0.15) is 29.8 Å². The maximum Gasteiger partial charge on any atom is 0.253 e. The molecule has 116 valence electrons. The zero-order valence-corrected chi connectivity index (χ0v) is 14.3. The Kier molecular flexibility index (Phi) is 6.32. The van der Waals surface area contributed by atoms with Gasteiger partial charge in [0.1, 0.15) is 0 Å². The summed E-state index contributed by atoms with van der Waals surface area (Å²) in [7, 11) is 0. The van der Waals surface area contributed by atoms with Gasteiger partial charge in [-0.15, -0.1) is 0 Å². The van der Waals surface area contributed by atoms with Gasteiger partial charge in [-0.05, 0) is 19.1 Å². The minimum Gasteiger partial charge on any atom is -0.387 e. The molecule has 1 aromatic rings. The van der Waals surface area contributed by atoms with E-state index in [-0.39, 0.29) is 11.8 Å². The van der Waals surface area contributed by atoms with Crippen molar-refractivity contribution in [3.05, 3.63) is 35.4 Å². The number of aliphatic imine (C=N–C) groups is 1. The average Bonchev–Trinajstić information content (AvgIpc) is 2.37. The number of carbonyl (C=O) groups is 1. The molecule has 7 heteroatoms. The number of alkyl halides is 3. The SMILES string of the molecule is Cc1ccc(C(=O)N[C@@H](N=C(N)C(C)C)C(Cl)(Cl)Cl)cc1. The number of halogens is 3. The lowest BCUT2D eigenvalue weighted by molar-refractivity contribution is 0.0938. The van der Waals surface area contributed by atoms with Crippen molar-refractivity contribution in [2.24, 2.45) is 16.6 Å². The van der Waals surface area contributed by atoms with E-state index in [0.29, 0.717) is 11.4 Å². The first-order valence-corrected chi connectivity index (χ1v) is 7.52. The van der Waals surface area contributed by atoms with Crippen molar-refractivity contribution in [3.8, 4) is 0 Å². The topological polar surface area (TPSA) is 67.5 Å². The molecule has 4 nitrogen and oxygen atoms in total. The summed E-state index contributed by atoms with van der Waals surface area (Å²) in [6.45, 7) is 5.64. The Morgan fingerprint density at radius 2 is 1.76 bits per heavy atom. The minimum atomic E-state index is -1.79. The minimum absolute atomic E-state index is 0.0175. The fraction of sp³-hybridized carbons (Fsp3) is 0.429. The molecule has 0 heterocycles. The second-order valence-corrected chi connectivity index (χ2v) is 7.36. The first kappa shape index (κ1) is 18.1. The van der Waals surface area contributed by atoms with Crippen molar-refractivity contribution in [3.63, 3.8) is 0 Å². The van der Waals surface area contributed by atoms with Crippen LogP contribution in [0.2, 0.25) is 0 Å². The first-order valence-electron chi connectivity index (χ1n) is 6.38. The van der Waals surface area contributed by atoms with E-state index in [1.165, 1.54) is 0 Å². The summed E-state index contributed by atoms with van der Waals surface area (Å²) in [6.07, 6.45) is -1.06. The highest BCUT2D eigenvalue weighted by Gasteiger charge is 2.34. The van der Waals surface area contributed by atoms with E-state index in [1.807, 2.05) is 32.9 Å². The molecule has 0 aliphatic heterocycles. The number of amidine groups is 1. The lowest BCUT2D eigenvalue weighted by atomic mass is 10.1. The summed E-state index contributed by atoms with van der Waals surface area (Å²) in [5.41, 5.74) is 7.28. The van der Waals surface area contributed by atoms with Gasteiger partial charge in [0.2, 0.25) is 3.79 Å². The Hall–Kier alpha value is -0.970. The molecule has 0 aromatic heterocycles. The number of benzene rings is 1. The van der Waals surface area contributed by atoms with Gasteiger partial charge in [0, 0.05) is 11.5 Å². The Morgan fingerprint density at radius 3 is 2.19 bits per heavy atom. The number of nitrogens with two attached hydrogens (primary N) is 1. The lowest BCUT2D eigenvalue weighted by Crippen LogP contribution is -2.44. The summed E-state index contributed by atoms with van der Waals surface area (Å²) in [4.78, 5) is 16.3. The van der Waals surface area contributed by atoms with Crippen LogP contribution in [0.5, 0.6) is 0 Å². The van der Waals surface area contributed by atoms with Crippen molar-refractivity contribution >= 4 is 46.5 Å². The molecule has 1 aromatic carbocycles. The van der Waals surface area contributed by atoms with Crippen LogP contribution in [-0.2, 0) is 0 Å². The smallest absolute Gasteiger partial charge is 0.253 e. The summed E-state index contributed by atoms with van der Waals surface area (Å²) in [5.74, 6) is -0.0988. The molecule has 0 radical (unpaired) electrons. The molecule has 1 amide bonds. The fourth-order valence-electron chi connectivity index (χ4n) is 1.40. The number of hydrogen-bond acceptors (Lipinski definition) is 2. The highest BCUT2D eigenvalue weighted by atomic mass is 35.6. The van der Waals surface area contributed by atoms with E-state index in [9.17, 15) is 4.79 Å². The van der Waals surface area contributed by atoms with Crippen LogP contribution in [0.4, 0.5) is 0 Å². The van der Waals surface area contributed by atoms with Crippen LogP contribution in [0.15, 0.2) is 29.3 Å². The van der Waals surface area contributed by atoms with Gasteiger partial charge in [-0.1, -0.05) is 66.3 Å². The zero-order chi connectivity index (χ0) is 16.2. The quantitative estimate of drug-likeness (QED) is 0.496. The van der Waals surface area contributed by atoms with E-state index < -0.39 is 9.96 Å². The van der Waals surface area contributed by atoms with Crippen molar-refractivity contribution in [2.45, 2.75) is 30.7 Å². The van der Waals surface area contributed by atoms with Crippen LogP contribution < -0.4 is 11.1 Å².